The fourth-order valence-corrected chi connectivity index (χ4v) is 2.53. The van der Waals surface area contributed by atoms with Gasteiger partial charge >= 0.3 is 0 Å². The molecule has 2 aromatic heterocycles. The van der Waals surface area contributed by atoms with E-state index in [9.17, 15) is 5.11 Å². The third kappa shape index (κ3) is 3.42. The molecule has 0 radical (unpaired) electrons. The molecule has 0 unspecified atom stereocenters. The number of ether oxygens (including phenoxy) is 1. The molecule has 0 aliphatic carbocycles. The SMILES string of the molecule is CCn1cc(O[C@@H]2CN(Cc3ncc(C)cn3)C[C@H]2O)cn1. The van der Waals surface area contributed by atoms with Crippen LogP contribution in [0.2, 0.25) is 0 Å². The smallest absolute Gasteiger partial charge is 0.157 e. The lowest BCUT2D eigenvalue weighted by Crippen LogP contribution is -2.29. The lowest BCUT2D eigenvalue weighted by Gasteiger charge is -2.15. The van der Waals surface area contributed by atoms with Crippen molar-refractivity contribution >= 4 is 0 Å². The topological polar surface area (TPSA) is 76.3 Å². The summed E-state index contributed by atoms with van der Waals surface area (Å²) in [7, 11) is 0. The summed E-state index contributed by atoms with van der Waals surface area (Å²) in [6.07, 6.45) is 6.38. The Morgan fingerprint density at radius 3 is 2.73 bits per heavy atom. The van der Waals surface area contributed by atoms with Gasteiger partial charge in [-0.2, -0.15) is 5.10 Å². The zero-order valence-corrected chi connectivity index (χ0v) is 12.9. The quantitative estimate of drug-likeness (QED) is 0.873. The molecule has 0 bridgehead atoms. The number of hydrogen-bond acceptors (Lipinski definition) is 6. The molecular formula is C15H21N5O2. The highest BCUT2D eigenvalue weighted by Gasteiger charge is 2.33. The molecule has 2 aromatic rings. The van der Waals surface area contributed by atoms with Crippen LogP contribution in [-0.2, 0) is 13.1 Å². The number of aliphatic hydroxyl groups is 1. The number of β-amino-alcohol motifs (C(OH)–C–C–N with tert-alkyl or cyclic N) is 1. The van der Waals surface area contributed by atoms with Crippen molar-refractivity contribution in [2.45, 2.75) is 39.1 Å². The third-order valence-corrected chi connectivity index (χ3v) is 3.73. The summed E-state index contributed by atoms with van der Waals surface area (Å²) < 4.78 is 7.64. The predicted molar refractivity (Wildman–Crippen MR) is 80.4 cm³/mol. The van der Waals surface area contributed by atoms with Crippen LogP contribution in [-0.4, -0.2) is 55.1 Å². The molecule has 1 aliphatic heterocycles. The van der Waals surface area contributed by atoms with Gasteiger partial charge in [-0.05, 0) is 19.4 Å². The maximum atomic E-state index is 10.2. The van der Waals surface area contributed by atoms with Crippen LogP contribution in [0.15, 0.2) is 24.8 Å². The van der Waals surface area contributed by atoms with E-state index in [-0.39, 0.29) is 6.10 Å². The number of aliphatic hydroxyl groups excluding tert-OH is 1. The number of nitrogens with zero attached hydrogens (tertiary/aromatic N) is 5. The molecule has 7 heteroatoms. The summed E-state index contributed by atoms with van der Waals surface area (Å²) in [4.78, 5) is 10.7. The number of aromatic nitrogens is 4. The van der Waals surface area contributed by atoms with Crippen LogP contribution < -0.4 is 4.74 Å². The van der Waals surface area contributed by atoms with E-state index in [2.05, 4.69) is 20.0 Å². The minimum absolute atomic E-state index is 0.250. The highest BCUT2D eigenvalue weighted by Crippen LogP contribution is 2.19. The first-order valence-corrected chi connectivity index (χ1v) is 7.51. The molecule has 118 valence electrons. The van der Waals surface area contributed by atoms with Crippen molar-refractivity contribution in [1.29, 1.82) is 0 Å². The van der Waals surface area contributed by atoms with E-state index in [1.54, 1.807) is 10.9 Å². The number of hydrogen-bond donors (Lipinski definition) is 1. The van der Waals surface area contributed by atoms with E-state index >= 15 is 0 Å². The molecular weight excluding hydrogens is 282 g/mol. The molecule has 1 N–H and O–H groups in total. The predicted octanol–water partition coefficient (Wildman–Crippen LogP) is 0.626. The maximum Gasteiger partial charge on any atom is 0.157 e. The second kappa shape index (κ2) is 6.41. The maximum absolute atomic E-state index is 10.2. The lowest BCUT2D eigenvalue weighted by molar-refractivity contribution is 0.0736. The van der Waals surface area contributed by atoms with Crippen molar-refractivity contribution in [1.82, 2.24) is 24.6 Å². The van der Waals surface area contributed by atoms with Gasteiger partial charge in [-0.25, -0.2) is 9.97 Å². The standard InChI is InChI=1S/C15H21N5O2/c1-3-20-7-12(6-18-20)22-14-9-19(8-13(14)21)10-15-16-4-11(2)5-17-15/h4-7,13-14,21H,3,8-10H2,1-2H3/t13-,14-/m1/s1. The monoisotopic (exact) mass is 303 g/mol. The first kappa shape index (κ1) is 14.9. The Labute approximate surface area is 129 Å². The molecule has 1 aliphatic rings. The molecule has 0 saturated carbocycles. The second-order valence-electron chi connectivity index (χ2n) is 5.63. The molecule has 1 saturated heterocycles. The van der Waals surface area contributed by atoms with Crippen molar-refractivity contribution in [2.24, 2.45) is 0 Å². The van der Waals surface area contributed by atoms with Crippen LogP contribution >= 0.6 is 0 Å². The number of rotatable bonds is 5. The van der Waals surface area contributed by atoms with E-state index in [0.717, 1.165) is 17.9 Å². The Balaban J connectivity index is 1.58. The van der Waals surface area contributed by atoms with Crippen molar-refractivity contribution in [3.63, 3.8) is 0 Å². The molecule has 1 fully saturated rings. The number of likely N-dealkylation sites (tertiary alicyclic amines) is 1. The molecule has 7 nitrogen and oxygen atoms in total. The zero-order chi connectivity index (χ0) is 15.5. The minimum Gasteiger partial charge on any atom is -0.483 e. The fraction of sp³-hybridized carbons (Fsp3) is 0.533. The molecule has 22 heavy (non-hydrogen) atoms. The zero-order valence-electron chi connectivity index (χ0n) is 12.9. The highest BCUT2D eigenvalue weighted by atomic mass is 16.5. The van der Waals surface area contributed by atoms with E-state index in [1.807, 2.05) is 32.4 Å². The lowest BCUT2D eigenvalue weighted by atomic mass is 10.3. The summed E-state index contributed by atoms with van der Waals surface area (Å²) >= 11 is 0. The van der Waals surface area contributed by atoms with Gasteiger partial charge in [-0.3, -0.25) is 9.58 Å². The molecule has 0 aromatic carbocycles. The van der Waals surface area contributed by atoms with E-state index in [0.29, 0.717) is 25.4 Å². The van der Waals surface area contributed by atoms with Crippen molar-refractivity contribution in [3.05, 3.63) is 36.2 Å². The normalized spacial score (nSPS) is 22.1. The van der Waals surface area contributed by atoms with E-state index in [4.69, 9.17) is 4.74 Å². The van der Waals surface area contributed by atoms with Crippen molar-refractivity contribution in [2.75, 3.05) is 13.1 Å². The molecule has 0 amide bonds. The first-order valence-electron chi connectivity index (χ1n) is 7.51. The van der Waals surface area contributed by atoms with Gasteiger partial charge in [0.15, 0.2) is 5.75 Å². The average Bonchev–Trinajstić information content (AvgIpc) is 3.09. The van der Waals surface area contributed by atoms with Crippen molar-refractivity contribution < 1.29 is 9.84 Å². The summed E-state index contributed by atoms with van der Waals surface area (Å²) in [6.45, 7) is 6.60. The second-order valence-corrected chi connectivity index (χ2v) is 5.63. The van der Waals surface area contributed by atoms with Crippen LogP contribution in [0.3, 0.4) is 0 Å². The Morgan fingerprint density at radius 2 is 2.05 bits per heavy atom. The van der Waals surface area contributed by atoms with Crippen LogP contribution in [0.4, 0.5) is 0 Å². The van der Waals surface area contributed by atoms with Crippen LogP contribution in [0, 0.1) is 6.92 Å². The van der Waals surface area contributed by atoms with Crippen LogP contribution in [0.25, 0.3) is 0 Å². The minimum atomic E-state index is -0.518. The molecule has 0 spiro atoms. The van der Waals surface area contributed by atoms with Gasteiger partial charge in [-0.15, -0.1) is 0 Å². The van der Waals surface area contributed by atoms with Crippen LogP contribution in [0.1, 0.15) is 18.3 Å². The number of aryl methyl sites for hydroxylation is 2. The largest absolute Gasteiger partial charge is 0.483 e. The van der Waals surface area contributed by atoms with Gasteiger partial charge in [0.1, 0.15) is 18.0 Å². The molecule has 3 heterocycles. The summed E-state index contributed by atoms with van der Waals surface area (Å²) in [5, 5.41) is 14.3. The third-order valence-electron chi connectivity index (χ3n) is 3.73. The Hall–Kier alpha value is -1.99. The van der Waals surface area contributed by atoms with Gasteiger partial charge in [0.25, 0.3) is 0 Å². The Kier molecular flexibility index (Phi) is 4.35. The van der Waals surface area contributed by atoms with Crippen molar-refractivity contribution in [3.8, 4) is 5.75 Å². The Morgan fingerprint density at radius 1 is 1.27 bits per heavy atom. The summed E-state index contributed by atoms with van der Waals surface area (Å²) in [5.74, 6) is 1.46. The van der Waals surface area contributed by atoms with E-state index < -0.39 is 6.10 Å². The van der Waals surface area contributed by atoms with Gasteiger partial charge in [-0.1, -0.05) is 0 Å². The van der Waals surface area contributed by atoms with Gasteiger partial charge < -0.3 is 9.84 Å². The average molecular weight is 303 g/mol. The highest BCUT2D eigenvalue weighted by molar-refractivity contribution is 5.13. The van der Waals surface area contributed by atoms with Crippen LogP contribution in [0.5, 0.6) is 5.75 Å². The summed E-state index contributed by atoms with van der Waals surface area (Å²) in [5.41, 5.74) is 1.04. The molecule has 3 rings (SSSR count). The summed E-state index contributed by atoms with van der Waals surface area (Å²) in [6, 6.07) is 0. The Bertz CT molecular complexity index is 613. The van der Waals surface area contributed by atoms with Gasteiger partial charge in [0, 0.05) is 32.0 Å². The molecule has 2 atom stereocenters. The fourth-order valence-electron chi connectivity index (χ4n) is 2.53. The van der Waals surface area contributed by atoms with E-state index in [1.165, 1.54) is 0 Å². The first-order chi connectivity index (χ1) is 10.6. The van der Waals surface area contributed by atoms with Gasteiger partial charge in [0.2, 0.25) is 0 Å². The van der Waals surface area contributed by atoms with Gasteiger partial charge in [0.05, 0.1) is 18.9 Å².